The zero-order valence-corrected chi connectivity index (χ0v) is 61.1. The maximum absolute atomic E-state index is 11.6. The lowest BCUT2D eigenvalue weighted by Crippen LogP contribution is -2.30. The van der Waals surface area contributed by atoms with Gasteiger partial charge in [-0.1, -0.05) is 160 Å². The van der Waals surface area contributed by atoms with Gasteiger partial charge in [-0.05, 0) is 170 Å². The standard InChI is InChI=1S/C82H92Cl2N4O8S2/c1-79(2)65-31-13-15-33-67(65)87(71(79)43-37-59-25-21-27-61(77(59)83)39-45-73-81(5,6)75-63-29-11-9-23-57(63)35-41-69(75)85(73)47-17-19-55-97(89,90)91)49-51-95-53-54-96-52-50-88-68-34-16-14-32-66(68)80(3,4)72(88)44-38-60-26-22-28-62(78(60)84)40-46-74-82(7,8)76-64-30-12-10-24-58(64)36-42-70(76)86(74)48-18-20-56-98(92,93)94/h9-16,23-24,29-46H,17-22,25-28,47-56H2,1-8H3. The Labute approximate surface area is 590 Å². The lowest BCUT2D eigenvalue weighted by atomic mass is 9.78. The number of unbranched alkanes of at least 4 members (excludes halogenated alkanes) is 2. The molecule has 6 aliphatic rings. The molecule has 4 aliphatic heterocycles. The Morgan fingerprint density at radius 3 is 1.26 bits per heavy atom. The number of allylic oxidation sites excluding steroid dienone is 16. The number of fused-ring (bicyclic) bond motifs is 8. The summed E-state index contributed by atoms with van der Waals surface area (Å²) in [5.41, 5.74) is 17.2. The first-order chi connectivity index (χ1) is 46.8. The van der Waals surface area contributed by atoms with Crippen molar-refractivity contribution in [3.8, 4) is 0 Å². The number of halogens is 2. The Morgan fingerprint density at radius 1 is 0.459 bits per heavy atom. The molecule has 4 heterocycles. The van der Waals surface area contributed by atoms with Gasteiger partial charge in [-0.3, -0.25) is 0 Å². The minimum atomic E-state index is -4.30. The van der Waals surface area contributed by atoms with Crippen LogP contribution in [0.25, 0.3) is 21.5 Å². The topological polar surface area (TPSA) is 145 Å². The Balaban J connectivity index is 0.704. The maximum Gasteiger partial charge on any atom is 0.210 e. The van der Waals surface area contributed by atoms with Crippen molar-refractivity contribution >= 4 is 99.2 Å². The van der Waals surface area contributed by atoms with E-state index in [1.165, 1.54) is 66.6 Å². The van der Waals surface area contributed by atoms with E-state index in [9.17, 15) is 25.9 Å². The molecule has 12 nitrogen and oxygen atoms in total. The van der Waals surface area contributed by atoms with Gasteiger partial charge in [-0.15, -0.1) is 0 Å². The summed E-state index contributed by atoms with van der Waals surface area (Å²) in [4.78, 5) is 4.79. The maximum atomic E-state index is 11.6. The summed E-state index contributed by atoms with van der Waals surface area (Å²) >= 11 is 14.9. The van der Waals surface area contributed by atoms with Crippen LogP contribution >= 0.6 is 23.2 Å². The molecule has 0 fully saturated rings. The first kappa shape index (κ1) is 70.9. The van der Waals surface area contributed by atoms with E-state index in [-0.39, 0.29) is 33.2 Å². The molecule has 514 valence electrons. The second-order valence-corrected chi connectivity index (χ2v) is 32.8. The van der Waals surface area contributed by atoms with E-state index >= 15 is 0 Å². The Hall–Kier alpha value is -6.98. The van der Waals surface area contributed by atoms with Gasteiger partial charge >= 0.3 is 0 Å². The van der Waals surface area contributed by atoms with Crippen molar-refractivity contribution in [1.29, 1.82) is 0 Å². The van der Waals surface area contributed by atoms with Crippen molar-refractivity contribution < 1.29 is 44.6 Å². The average Bonchev–Trinajstić information content (AvgIpc) is 1.57. The number of para-hydroxylation sites is 2. The van der Waals surface area contributed by atoms with E-state index < -0.39 is 20.2 Å². The first-order valence-corrected chi connectivity index (χ1v) is 38.8. The molecular formula is C82H92Cl2N4O8S2. The van der Waals surface area contributed by atoms with Crippen LogP contribution in [0.3, 0.4) is 0 Å². The third kappa shape index (κ3) is 14.5. The number of benzene rings is 6. The van der Waals surface area contributed by atoms with Gasteiger partial charge in [0, 0.05) is 117 Å². The van der Waals surface area contributed by atoms with Crippen molar-refractivity contribution in [2.75, 3.05) is 73.9 Å². The summed E-state index contributed by atoms with van der Waals surface area (Å²) < 4.78 is 86.7. The Kier molecular flexibility index (Phi) is 20.9. The minimum Gasteiger partial charge on any atom is -0.748 e. The smallest absolute Gasteiger partial charge is 0.210 e. The SMILES string of the molecule is CC1(C)C(/C=C/C2=C(Cl)C(=C\C=C3/N(CCOCCOCCN4/C(=C/C=C5/CCCC(/C=C/C6=[N+](CCCCS(=O)(=O)[O-])c7ccc8ccccc8c7C6(C)C)=C5Cl)C(C)(C)c5ccccc54)c4ccccc4C3(C)C)/CCC2)=[N+](CCCCS(=O)(=O)[O-])c2ccc3ccccc3c21. The predicted octanol–water partition coefficient (Wildman–Crippen LogP) is 17.8. The molecule has 6 aromatic rings. The van der Waals surface area contributed by atoms with Crippen LogP contribution in [-0.4, -0.2) is 111 Å². The van der Waals surface area contributed by atoms with Crippen molar-refractivity contribution in [2.24, 2.45) is 0 Å². The normalized spacial score (nSPS) is 20.5. The molecule has 0 saturated heterocycles. The highest BCUT2D eigenvalue weighted by Crippen LogP contribution is 2.51. The Morgan fingerprint density at radius 2 is 0.847 bits per heavy atom. The molecule has 0 atom stereocenters. The van der Waals surface area contributed by atoms with E-state index in [0.29, 0.717) is 78.3 Å². The van der Waals surface area contributed by atoms with Crippen molar-refractivity contribution in [1.82, 2.24) is 0 Å². The third-order valence-electron chi connectivity index (χ3n) is 21.1. The summed E-state index contributed by atoms with van der Waals surface area (Å²) in [5.74, 6) is -0.749. The second-order valence-electron chi connectivity index (χ2n) is 29.0. The molecule has 0 saturated carbocycles. The molecule has 0 radical (unpaired) electrons. The molecule has 6 aromatic carbocycles. The first-order valence-electron chi connectivity index (χ1n) is 34.9. The summed E-state index contributed by atoms with van der Waals surface area (Å²) in [6.45, 7) is 22.6. The lowest BCUT2D eigenvalue weighted by molar-refractivity contribution is -0.438. The van der Waals surface area contributed by atoms with Gasteiger partial charge in [0.25, 0.3) is 0 Å². The van der Waals surface area contributed by atoms with Crippen molar-refractivity contribution in [2.45, 2.75) is 141 Å². The number of ether oxygens (including phenoxy) is 2. The highest BCUT2D eigenvalue weighted by molar-refractivity contribution is 7.85. The fourth-order valence-electron chi connectivity index (χ4n) is 16.2. The van der Waals surface area contributed by atoms with Crippen LogP contribution in [0, 0.1) is 0 Å². The van der Waals surface area contributed by atoms with E-state index in [1.54, 1.807) is 0 Å². The van der Waals surface area contributed by atoms with Crippen LogP contribution in [0.5, 0.6) is 0 Å². The molecule has 0 aromatic heterocycles. The minimum absolute atomic E-state index is 0.276. The average molecular weight is 1400 g/mol. The third-order valence-corrected chi connectivity index (χ3v) is 23.7. The molecule has 98 heavy (non-hydrogen) atoms. The van der Waals surface area contributed by atoms with Gasteiger partial charge in [0.2, 0.25) is 11.4 Å². The van der Waals surface area contributed by atoms with Gasteiger partial charge in [-0.25, -0.2) is 16.8 Å². The van der Waals surface area contributed by atoms with Gasteiger partial charge in [-0.2, -0.15) is 9.15 Å². The molecule has 2 aliphatic carbocycles. The summed E-state index contributed by atoms with van der Waals surface area (Å²) in [6, 6.07) is 42.8. The Bertz CT molecular complexity index is 4400. The number of anilines is 2. The van der Waals surface area contributed by atoms with Gasteiger partial charge in [0.05, 0.1) is 57.5 Å². The van der Waals surface area contributed by atoms with E-state index in [4.69, 9.17) is 32.7 Å². The molecule has 0 unspecified atom stereocenters. The molecule has 0 amide bonds. The highest BCUT2D eigenvalue weighted by Gasteiger charge is 2.48. The molecule has 0 spiro atoms. The van der Waals surface area contributed by atoms with Crippen LogP contribution in [-0.2, 0) is 51.4 Å². The predicted molar refractivity (Wildman–Crippen MR) is 400 cm³/mol. The summed E-state index contributed by atoms with van der Waals surface area (Å²) in [6.07, 6.45) is 24.8. The van der Waals surface area contributed by atoms with E-state index in [0.717, 1.165) is 93.7 Å². The van der Waals surface area contributed by atoms with E-state index in [2.05, 4.69) is 244 Å². The van der Waals surface area contributed by atoms with Crippen molar-refractivity contribution in [3.05, 3.63) is 236 Å². The van der Waals surface area contributed by atoms with Gasteiger partial charge < -0.3 is 28.4 Å². The monoisotopic (exact) mass is 1390 g/mol. The fraction of sp³-hybridized carbons (Fsp3) is 0.390. The number of hydrogen-bond donors (Lipinski definition) is 0. The lowest BCUT2D eigenvalue weighted by Gasteiger charge is -2.27. The second kappa shape index (κ2) is 28.9. The number of hydrogen-bond acceptors (Lipinski definition) is 10. The van der Waals surface area contributed by atoms with Crippen LogP contribution in [0.4, 0.5) is 22.7 Å². The largest absolute Gasteiger partial charge is 0.748 e. The van der Waals surface area contributed by atoms with Gasteiger partial charge in [0.1, 0.15) is 13.1 Å². The van der Waals surface area contributed by atoms with Crippen LogP contribution < -0.4 is 9.80 Å². The van der Waals surface area contributed by atoms with Crippen molar-refractivity contribution in [3.63, 3.8) is 0 Å². The number of nitrogens with zero attached hydrogens (tertiary/aromatic N) is 4. The van der Waals surface area contributed by atoms with Gasteiger partial charge in [0.15, 0.2) is 11.4 Å². The van der Waals surface area contributed by atoms with Crippen LogP contribution in [0.15, 0.2) is 214 Å². The zero-order valence-electron chi connectivity index (χ0n) is 57.9. The molecule has 0 N–H and O–H groups in total. The summed E-state index contributed by atoms with van der Waals surface area (Å²) in [7, 11) is -8.61. The molecule has 12 rings (SSSR count). The number of rotatable bonds is 25. The molecule has 0 bridgehead atoms. The van der Waals surface area contributed by atoms with Crippen LogP contribution in [0.1, 0.15) is 142 Å². The molecule has 16 heteroatoms. The quantitative estimate of drug-likeness (QED) is 0.0308. The molecular weight excluding hydrogens is 1300 g/mol. The highest BCUT2D eigenvalue weighted by atomic mass is 35.5. The summed E-state index contributed by atoms with van der Waals surface area (Å²) in [5, 5.41) is 6.26. The van der Waals surface area contributed by atoms with Crippen LogP contribution in [0.2, 0.25) is 0 Å². The fourth-order valence-corrected chi connectivity index (χ4v) is 17.9. The van der Waals surface area contributed by atoms with E-state index in [1.807, 2.05) is 0 Å². The zero-order chi connectivity index (χ0) is 69.4.